The van der Waals surface area contributed by atoms with Gasteiger partial charge in [-0.2, -0.15) is 0 Å². The predicted octanol–water partition coefficient (Wildman–Crippen LogP) is 3.19. The Balaban J connectivity index is 2.93. The summed E-state index contributed by atoms with van der Waals surface area (Å²) in [6, 6.07) is 0. The minimum Gasteiger partial charge on any atom is -0.102 e. The molecule has 0 saturated heterocycles. The van der Waals surface area contributed by atoms with Crippen LogP contribution in [0.3, 0.4) is 0 Å². The molecule has 0 saturated carbocycles. The maximum Gasteiger partial charge on any atom is 0.0271 e. The maximum atomic E-state index is 3.71. The fraction of sp³-hybridized carbons (Fsp3) is 0.111. The topological polar surface area (TPSA) is 0 Å². The van der Waals surface area contributed by atoms with E-state index in [2.05, 4.69) is 35.2 Å². The molecule has 0 nitrogen and oxygen atoms in total. The molecule has 0 aromatic rings. The van der Waals surface area contributed by atoms with Crippen LogP contribution in [0.15, 0.2) is 47.5 Å². The lowest BCUT2D eigenvalue weighted by atomic mass is 10.2. The van der Waals surface area contributed by atoms with Gasteiger partial charge in [-0.3, -0.25) is 0 Å². The van der Waals surface area contributed by atoms with Crippen molar-refractivity contribution < 1.29 is 0 Å². The fourth-order valence-electron chi connectivity index (χ4n) is 0.911. The Bertz CT molecular complexity index is 221. The third-order valence-corrected chi connectivity index (χ3v) is 2.51. The first-order chi connectivity index (χ1) is 4.79. The van der Waals surface area contributed by atoms with Crippen molar-refractivity contribution >= 4 is 15.9 Å². The molecule has 0 heterocycles. The molecule has 0 N–H and O–H groups in total. The standard InChI is InChI=1S/C9H9Br/c1-3-7-5-6-8(4-2)9(7)10/h3-7H,1-2H2. The molecule has 1 rings (SSSR count). The quantitative estimate of drug-likeness (QED) is 0.596. The second kappa shape index (κ2) is 3.02. The minimum atomic E-state index is 0.355. The van der Waals surface area contributed by atoms with Crippen LogP contribution in [-0.4, -0.2) is 0 Å². The Morgan fingerprint density at radius 2 is 2.20 bits per heavy atom. The monoisotopic (exact) mass is 196 g/mol. The SMILES string of the molecule is C=CC1=C(Br)C(C=C)C=C1. The number of hydrogen-bond acceptors (Lipinski definition) is 0. The number of rotatable bonds is 2. The van der Waals surface area contributed by atoms with E-state index in [1.165, 1.54) is 0 Å². The molecule has 10 heavy (non-hydrogen) atoms. The normalized spacial score (nSPS) is 23.5. The smallest absolute Gasteiger partial charge is 0.0271 e. The van der Waals surface area contributed by atoms with Crippen molar-refractivity contribution in [2.45, 2.75) is 0 Å². The van der Waals surface area contributed by atoms with Crippen molar-refractivity contribution in [2.75, 3.05) is 0 Å². The molecule has 0 aromatic carbocycles. The second-order valence-corrected chi connectivity index (χ2v) is 2.98. The van der Waals surface area contributed by atoms with Crippen molar-refractivity contribution in [3.63, 3.8) is 0 Å². The van der Waals surface area contributed by atoms with E-state index in [-0.39, 0.29) is 0 Å². The van der Waals surface area contributed by atoms with Gasteiger partial charge in [0.05, 0.1) is 0 Å². The number of hydrogen-bond donors (Lipinski definition) is 0. The summed E-state index contributed by atoms with van der Waals surface area (Å²) in [5.74, 6) is 0.355. The molecule has 1 aliphatic rings. The van der Waals surface area contributed by atoms with Crippen molar-refractivity contribution in [3.05, 3.63) is 47.5 Å². The van der Waals surface area contributed by atoms with Gasteiger partial charge in [-0.15, -0.1) is 6.58 Å². The summed E-state index contributed by atoms with van der Waals surface area (Å²) in [7, 11) is 0. The van der Waals surface area contributed by atoms with Crippen molar-refractivity contribution in [3.8, 4) is 0 Å². The zero-order valence-electron chi connectivity index (χ0n) is 5.68. The van der Waals surface area contributed by atoms with Gasteiger partial charge in [-0.1, -0.05) is 46.8 Å². The van der Waals surface area contributed by atoms with Crippen LogP contribution in [0.4, 0.5) is 0 Å². The summed E-state index contributed by atoms with van der Waals surface area (Å²) < 4.78 is 1.16. The van der Waals surface area contributed by atoms with Crippen LogP contribution in [0.5, 0.6) is 0 Å². The molecular weight excluding hydrogens is 188 g/mol. The largest absolute Gasteiger partial charge is 0.102 e. The van der Waals surface area contributed by atoms with Crippen LogP contribution in [0.25, 0.3) is 0 Å². The summed E-state index contributed by atoms with van der Waals surface area (Å²) in [4.78, 5) is 0. The lowest BCUT2D eigenvalue weighted by Gasteiger charge is -1.99. The zero-order chi connectivity index (χ0) is 7.56. The first-order valence-corrected chi connectivity index (χ1v) is 3.91. The molecular formula is C9H9Br. The highest BCUT2D eigenvalue weighted by Gasteiger charge is 2.12. The Hall–Kier alpha value is -0.560. The van der Waals surface area contributed by atoms with Gasteiger partial charge >= 0.3 is 0 Å². The first kappa shape index (κ1) is 7.55. The molecule has 0 spiro atoms. The average Bonchev–Trinajstić information content (AvgIpc) is 2.30. The Morgan fingerprint density at radius 3 is 2.50 bits per heavy atom. The molecule has 0 bridgehead atoms. The van der Waals surface area contributed by atoms with Gasteiger partial charge in [0.15, 0.2) is 0 Å². The fourth-order valence-corrected chi connectivity index (χ4v) is 1.55. The van der Waals surface area contributed by atoms with Gasteiger partial charge in [-0.05, 0) is 5.57 Å². The summed E-state index contributed by atoms with van der Waals surface area (Å²) >= 11 is 3.47. The lowest BCUT2D eigenvalue weighted by Crippen LogP contribution is -1.85. The van der Waals surface area contributed by atoms with Gasteiger partial charge in [0.1, 0.15) is 0 Å². The summed E-state index contributed by atoms with van der Waals surface area (Å²) in [6.45, 7) is 7.40. The van der Waals surface area contributed by atoms with E-state index in [1.807, 2.05) is 18.2 Å². The molecule has 1 unspecified atom stereocenters. The molecule has 1 aliphatic carbocycles. The molecule has 1 atom stereocenters. The van der Waals surface area contributed by atoms with E-state index in [1.54, 1.807) is 0 Å². The van der Waals surface area contributed by atoms with Crippen LogP contribution in [0.1, 0.15) is 0 Å². The predicted molar refractivity (Wildman–Crippen MR) is 49.0 cm³/mol. The van der Waals surface area contributed by atoms with Crippen LogP contribution < -0.4 is 0 Å². The van der Waals surface area contributed by atoms with Crippen molar-refractivity contribution in [1.82, 2.24) is 0 Å². The van der Waals surface area contributed by atoms with Gasteiger partial charge in [0, 0.05) is 10.4 Å². The van der Waals surface area contributed by atoms with E-state index in [0.717, 1.165) is 10.1 Å². The third kappa shape index (κ3) is 1.14. The lowest BCUT2D eigenvalue weighted by molar-refractivity contribution is 1.08. The molecule has 0 aliphatic heterocycles. The van der Waals surface area contributed by atoms with Crippen molar-refractivity contribution in [1.29, 1.82) is 0 Å². The summed E-state index contributed by atoms with van der Waals surface area (Å²) in [6.07, 6.45) is 7.87. The molecule has 0 fully saturated rings. The first-order valence-electron chi connectivity index (χ1n) is 3.12. The van der Waals surface area contributed by atoms with Crippen LogP contribution in [0.2, 0.25) is 0 Å². The number of halogens is 1. The van der Waals surface area contributed by atoms with Crippen molar-refractivity contribution in [2.24, 2.45) is 5.92 Å². The zero-order valence-corrected chi connectivity index (χ0v) is 7.26. The molecule has 0 aromatic heterocycles. The maximum absolute atomic E-state index is 3.71. The Morgan fingerprint density at radius 1 is 1.50 bits per heavy atom. The van der Waals surface area contributed by atoms with Gasteiger partial charge < -0.3 is 0 Å². The highest BCUT2D eigenvalue weighted by atomic mass is 79.9. The Kier molecular flexibility index (Phi) is 2.28. The summed E-state index contributed by atoms with van der Waals surface area (Å²) in [5.41, 5.74) is 1.16. The molecule has 1 heteroatoms. The van der Waals surface area contributed by atoms with E-state index in [9.17, 15) is 0 Å². The molecule has 0 radical (unpaired) electrons. The van der Waals surface area contributed by atoms with Crippen LogP contribution in [-0.2, 0) is 0 Å². The van der Waals surface area contributed by atoms with E-state index in [4.69, 9.17) is 0 Å². The summed E-state index contributed by atoms with van der Waals surface area (Å²) in [5, 5.41) is 0. The van der Waals surface area contributed by atoms with E-state index < -0.39 is 0 Å². The highest BCUT2D eigenvalue weighted by molar-refractivity contribution is 9.11. The van der Waals surface area contributed by atoms with Crippen LogP contribution in [0, 0.1) is 5.92 Å². The second-order valence-electron chi connectivity index (χ2n) is 2.13. The van der Waals surface area contributed by atoms with Gasteiger partial charge in [0.2, 0.25) is 0 Å². The molecule has 0 amide bonds. The van der Waals surface area contributed by atoms with E-state index in [0.29, 0.717) is 5.92 Å². The molecule has 52 valence electrons. The number of allylic oxidation sites excluding steroid dienone is 6. The van der Waals surface area contributed by atoms with Crippen LogP contribution >= 0.6 is 15.9 Å². The van der Waals surface area contributed by atoms with Gasteiger partial charge in [0.25, 0.3) is 0 Å². The Labute approximate surface area is 69.8 Å². The highest BCUT2D eigenvalue weighted by Crippen LogP contribution is 2.31. The average molecular weight is 197 g/mol. The third-order valence-electron chi connectivity index (χ3n) is 1.53. The minimum absolute atomic E-state index is 0.355. The van der Waals surface area contributed by atoms with Gasteiger partial charge in [-0.25, -0.2) is 0 Å². The van der Waals surface area contributed by atoms with E-state index >= 15 is 0 Å².